The Kier molecular flexibility index (Phi) is 4.39. The molecular formula is C15H22ClNO2. The van der Waals surface area contributed by atoms with E-state index >= 15 is 0 Å². The van der Waals surface area contributed by atoms with E-state index in [2.05, 4.69) is 4.90 Å². The van der Waals surface area contributed by atoms with Crippen molar-refractivity contribution in [2.24, 2.45) is 0 Å². The summed E-state index contributed by atoms with van der Waals surface area (Å²) in [5, 5.41) is 20.3. The van der Waals surface area contributed by atoms with Gasteiger partial charge in [0.25, 0.3) is 0 Å². The van der Waals surface area contributed by atoms with Gasteiger partial charge in [0.15, 0.2) is 0 Å². The Balaban J connectivity index is 2.18. The van der Waals surface area contributed by atoms with Gasteiger partial charge in [0.05, 0.1) is 22.4 Å². The van der Waals surface area contributed by atoms with Crippen LogP contribution in [0.5, 0.6) is 0 Å². The van der Waals surface area contributed by atoms with E-state index in [0.717, 1.165) is 43.6 Å². The first kappa shape index (κ1) is 14.6. The minimum Gasteiger partial charge on any atom is -0.390 e. The molecule has 1 aromatic rings. The predicted octanol–water partition coefficient (Wildman–Crippen LogP) is 3.13. The smallest absolute Gasteiger partial charge is 0.0762 e. The SMILES string of the molecule is CC(O)c1ccc(N2CCCC(C)(O)CC2)c(Cl)c1. The molecule has 1 fully saturated rings. The molecule has 1 heterocycles. The standard InChI is InChI=1S/C15H22ClNO2/c1-11(18)12-4-5-14(13(16)10-12)17-8-3-6-15(2,19)7-9-17/h4-5,10-11,18-19H,3,6-9H2,1-2H3. The summed E-state index contributed by atoms with van der Waals surface area (Å²) in [7, 11) is 0. The Hall–Kier alpha value is -0.770. The van der Waals surface area contributed by atoms with E-state index in [-0.39, 0.29) is 0 Å². The van der Waals surface area contributed by atoms with E-state index in [1.54, 1.807) is 6.92 Å². The number of aliphatic hydroxyl groups excluding tert-OH is 1. The number of hydrogen-bond donors (Lipinski definition) is 2. The van der Waals surface area contributed by atoms with Crippen LogP contribution in [0.4, 0.5) is 5.69 Å². The number of anilines is 1. The summed E-state index contributed by atoms with van der Waals surface area (Å²) in [6.07, 6.45) is 2.03. The molecule has 2 atom stereocenters. The minimum atomic E-state index is -0.569. The predicted molar refractivity (Wildman–Crippen MR) is 78.8 cm³/mol. The van der Waals surface area contributed by atoms with Crippen molar-refractivity contribution in [3.8, 4) is 0 Å². The van der Waals surface area contributed by atoms with Crippen LogP contribution in [0, 0.1) is 0 Å². The summed E-state index contributed by atoms with van der Waals surface area (Å²) < 4.78 is 0. The lowest BCUT2D eigenvalue weighted by Crippen LogP contribution is -2.28. The first-order chi connectivity index (χ1) is 8.89. The molecule has 0 aliphatic carbocycles. The second-order valence-corrected chi connectivity index (χ2v) is 6.13. The highest BCUT2D eigenvalue weighted by Gasteiger charge is 2.25. The van der Waals surface area contributed by atoms with E-state index < -0.39 is 11.7 Å². The zero-order valence-electron chi connectivity index (χ0n) is 11.6. The van der Waals surface area contributed by atoms with Crippen molar-refractivity contribution in [1.82, 2.24) is 0 Å². The van der Waals surface area contributed by atoms with Gasteiger partial charge in [-0.2, -0.15) is 0 Å². The summed E-state index contributed by atoms with van der Waals surface area (Å²) in [4.78, 5) is 2.22. The highest BCUT2D eigenvalue weighted by Crippen LogP contribution is 2.32. The van der Waals surface area contributed by atoms with Crippen molar-refractivity contribution in [1.29, 1.82) is 0 Å². The van der Waals surface area contributed by atoms with Crippen LogP contribution in [-0.4, -0.2) is 28.9 Å². The van der Waals surface area contributed by atoms with Crippen molar-refractivity contribution in [2.45, 2.75) is 44.8 Å². The lowest BCUT2D eigenvalue weighted by Gasteiger charge is -2.25. The van der Waals surface area contributed by atoms with Crippen LogP contribution in [0.25, 0.3) is 0 Å². The minimum absolute atomic E-state index is 0.503. The summed E-state index contributed by atoms with van der Waals surface area (Å²) in [5.74, 6) is 0. The molecule has 0 bridgehead atoms. The molecule has 19 heavy (non-hydrogen) atoms. The van der Waals surface area contributed by atoms with Gasteiger partial charge in [-0.3, -0.25) is 0 Å². The largest absolute Gasteiger partial charge is 0.390 e. The fraction of sp³-hybridized carbons (Fsp3) is 0.600. The monoisotopic (exact) mass is 283 g/mol. The number of hydrogen-bond acceptors (Lipinski definition) is 3. The first-order valence-electron chi connectivity index (χ1n) is 6.84. The van der Waals surface area contributed by atoms with Crippen molar-refractivity contribution in [2.75, 3.05) is 18.0 Å². The van der Waals surface area contributed by atoms with Crippen molar-refractivity contribution < 1.29 is 10.2 Å². The highest BCUT2D eigenvalue weighted by atomic mass is 35.5. The van der Waals surface area contributed by atoms with Crippen LogP contribution in [0.1, 0.15) is 44.8 Å². The highest BCUT2D eigenvalue weighted by molar-refractivity contribution is 6.33. The van der Waals surface area contributed by atoms with Gasteiger partial charge in [0.2, 0.25) is 0 Å². The molecule has 3 nitrogen and oxygen atoms in total. The lowest BCUT2D eigenvalue weighted by atomic mass is 9.98. The maximum atomic E-state index is 10.1. The van der Waals surface area contributed by atoms with Crippen LogP contribution in [-0.2, 0) is 0 Å². The molecule has 1 aliphatic rings. The first-order valence-corrected chi connectivity index (χ1v) is 7.22. The topological polar surface area (TPSA) is 43.7 Å². The molecule has 2 N–H and O–H groups in total. The van der Waals surface area contributed by atoms with Gasteiger partial charge in [-0.05, 0) is 50.8 Å². The molecule has 1 aromatic carbocycles. The Labute approximate surface area is 119 Å². The second kappa shape index (κ2) is 5.70. The van der Waals surface area contributed by atoms with Crippen LogP contribution in [0.2, 0.25) is 5.02 Å². The molecule has 0 spiro atoms. The number of aliphatic hydroxyl groups is 2. The zero-order valence-corrected chi connectivity index (χ0v) is 12.3. The van der Waals surface area contributed by atoms with E-state index in [4.69, 9.17) is 11.6 Å². The molecule has 0 amide bonds. The fourth-order valence-corrected chi connectivity index (χ4v) is 2.85. The molecule has 106 valence electrons. The van der Waals surface area contributed by atoms with Gasteiger partial charge in [0.1, 0.15) is 0 Å². The summed E-state index contributed by atoms with van der Waals surface area (Å²) in [6.45, 7) is 5.34. The van der Waals surface area contributed by atoms with Crippen molar-refractivity contribution in [3.05, 3.63) is 28.8 Å². The average Bonchev–Trinajstić information content (AvgIpc) is 2.50. The van der Waals surface area contributed by atoms with E-state index in [1.165, 1.54) is 0 Å². The van der Waals surface area contributed by atoms with Crippen LogP contribution in [0.15, 0.2) is 18.2 Å². The van der Waals surface area contributed by atoms with Crippen LogP contribution >= 0.6 is 11.6 Å². The number of benzene rings is 1. The Morgan fingerprint density at radius 3 is 2.68 bits per heavy atom. The van der Waals surface area contributed by atoms with E-state index in [1.807, 2.05) is 25.1 Å². The lowest BCUT2D eigenvalue weighted by molar-refractivity contribution is 0.0481. The maximum absolute atomic E-state index is 10.1. The van der Waals surface area contributed by atoms with E-state index in [9.17, 15) is 10.2 Å². The molecule has 0 saturated carbocycles. The van der Waals surface area contributed by atoms with Gasteiger partial charge in [0, 0.05) is 13.1 Å². The van der Waals surface area contributed by atoms with Crippen molar-refractivity contribution in [3.63, 3.8) is 0 Å². The summed E-state index contributed by atoms with van der Waals surface area (Å²) >= 11 is 6.32. The van der Waals surface area contributed by atoms with Gasteiger partial charge in [-0.1, -0.05) is 17.7 Å². The zero-order chi connectivity index (χ0) is 14.0. The van der Waals surface area contributed by atoms with Gasteiger partial charge in [-0.25, -0.2) is 0 Å². The Bertz CT molecular complexity index is 446. The van der Waals surface area contributed by atoms with Crippen LogP contribution < -0.4 is 4.90 Å². The van der Waals surface area contributed by atoms with Crippen LogP contribution in [0.3, 0.4) is 0 Å². The molecule has 0 radical (unpaired) electrons. The van der Waals surface area contributed by atoms with E-state index in [0.29, 0.717) is 5.02 Å². The number of halogens is 1. The van der Waals surface area contributed by atoms with Gasteiger partial charge in [-0.15, -0.1) is 0 Å². The molecule has 2 rings (SSSR count). The maximum Gasteiger partial charge on any atom is 0.0762 e. The molecule has 1 aliphatic heterocycles. The average molecular weight is 284 g/mol. The van der Waals surface area contributed by atoms with Gasteiger partial charge < -0.3 is 15.1 Å². The molecule has 4 heteroatoms. The molecule has 1 saturated heterocycles. The third-order valence-corrected chi connectivity index (χ3v) is 4.16. The molecule has 0 aromatic heterocycles. The third-order valence-electron chi connectivity index (χ3n) is 3.86. The third kappa shape index (κ3) is 3.62. The Morgan fingerprint density at radius 2 is 2.05 bits per heavy atom. The number of rotatable bonds is 2. The van der Waals surface area contributed by atoms with Gasteiger partial charge >= 0.3 is 0 Å². The van der Waals surface area contributed by atoms with Crippen molar-refractivity contribution >= 4 is 17.3 Å². The summed E-state index contributed by atoms with van der Waals surface area (Å²) in [6, 6.07) is 5.70. The second-order valence-electron chi connectivity index (χ2n) is 5.72. The summed E-state index contributed by atoms with van der Waals surface area (Å²) in [5.41, 5.74) is 1.25. The normalized spacial score (nSPS) is 26.1. The Morgan fingerprint density at radius 1 is 1.32 bits per heavy atom. The number of nitrogens with zero attached hydrogens (tertiary/aromatic N) is 1. The fourth-order valence-electron chi connectivity index (χ4n) is 2.54. The quantitative estimate of drug-likeness (QED) is 0.876. The molecular weight excluding hydrogens is 262 g/mol. The molecule has 2 unspecified atom stereocenters.